The van der Waals surface area contributed by atoms with Crippen molar-refractivity contribution in [3.8, 4) is 11.5 Å². The molecular weight excluding hydrogens is 315 g/mol. The number of rotatable bonds is 2. The molecule has 6 nitrogen and oxygen atoms in total. The summed E-state index contributed by atoms with van der Waals surface area (Å²) in [6.45, 7) is 2.11. The van der Waals surface area contributed by atoms with Gasteiger partial charge in [-0.15, -0.1) is 0 Å². The van der Waals surface area contributed by atoms with Crippen LogP contribution in [0.3, 0.4) is 0 Å². The highest BCUT2D eigenvalue weighted by Gasteiger charge is 2.23. The van der Waals surface area contributed by atoms with E-state index in [1.807, 2.05) is 0 Å². The monoisotopic (exact) mass is 332 g/mol. The number of hydrogen-bond donors (Lipinski definition) is 1. The van der Waals surface area contributed by atoms with Crippen LogP contribution in [-0.4, -0.2) is 33.6 Å². The average Bonchev–Trinajstić information content (AvgIpc) is 2.74. The van der Waals surface area contributed by atoms with Crippen molar-refractivity contribution in [1.29, 1.82) is 0 Å². The summed E-state index contributed by atoms with van der Waals surface area (Å²) in [4.78, 5) is 26.0. The molecule has 2 heterocycles. The fourth-order valence-corrected chi connectivity index (χ4v) is 2.73. The van der Waals surface area contributed by atoms with Crippen molar-refractivity contribution in [2.24, 2.45) is 0 Å². The molecule has 1 aliphatic rings. The molecular formula is C17H17FN2O4. The lowest BCUT2D eigenvalue weighted by Gasteiger charge is -2.21. The summed E-state index contributed by atoms with van der Waals surface area (Å²) < 4.78 is 20.7. The third-order valence-electron chi connectivity index (χ3n) is 4.01. The van der Waals surface area contributed by atoms with Gasteiger partial charge in [-0.2, -0.15) is 0 Å². The predicted molar refractivity (Wildman–Crippen MR) is 84.4 cm³/mol. The molecule has 3 rings (SSSR count). The first-order chi connectivity index (χ1) is 11.5. The fourth-order valence-electron chi connectivity index (χ4n) is 2.73. The largest absolute Gasteiger partial charge is 0.508 e. The molecule has 0 saturated carbocycles. The number of aromatic nitrogens is 1. The number of carbonyl (C=O) groups excluding carboxylic acids is 1. The highest BCUT2D eigenvalue weighted by Crippen LogP contribution is 2.25. The molecule has 0 saturated heterocycles. The van der Waals surface area contributed by atoms with Gasteiger partial charge in [0.05, 0.1) is 13.1 Å². The maximum absolute atomic E-state index is 14.0. The molecule has 0 atom stereocenters. The van der Waals surface area contributed by atoms with E-state index in [1.54, 1.807) is 19.1 Å². The van der Waals surface area contributed by atoms with Gasteiger partial charge in [-0.05, 0) is 25.1 Å². The summed E-state index contributed by atoms with van der Waals surface area (Å²) in [6.07, 6.45) is 0. The molecule has 1 N–H and O–H groups in total. The van der Waals surface area contributed by atoms with Crippen LogP contribution < -0.4 is 10.3 Å². The van der Waals surface area contributed by atoms with Crippen LogP contribution in [0.2, 0.25) is 0 Å². The standard InChI is InChI=1S/C17H17FN2O4/c1-11-7-12(21)8-16(22)20(11)10-17(23)19-5-6-24-15-4-2-3-14(18)13(15)9-19/h2-4,7-8,21H,5-6,9-10H2,1H3. The van der Waals surface area contributed by atoms with Crippen molar-refractivity contribution in [3.05, 3.63) is 57.8 Å². The molecule has 0 unspecified atom stereocenters. The number of nitrogens with zero attached hydrogens (tertiary/aromatic N) is 2. The molecule has 1 amide bonds. The zero-order chi connectivity index (χ0) is 17.3. The number of amides is 1. The Bertz CT molecular complexity index is 847. The maximum atomic E-state index is 14.0. The Kier molecular flexibility index (Phi) is 4.24. The minimum absolute atomic E-state index is 0.0900. The van der Waals surface area contributed by atoms with E-state index in [1.165, 1.54) is 21.6 Å². The van der Waals surface area contributed by atoms with E-state index >= 15 is 0 Å². The summed E-state index contributed by atoms with van der Waals surface area (Å²) in [6, 6.07) is 7.02. The molecule has 0 fully saturated rings. The van der Waals surface area contributed by atoms with Crippen LogP contribution in [0, 0.1) is 12.7 Å². The van der Waals surface area contributed by atoms with Crippen molar-refractivity contribution < 1.29 is 19.0 Å². The summed E-state index contributed by atoms with van der Waals surface area (Å²) in [5.41, 5.74) is 0.350. The van der Waals surface area contributed by atoms with Gasteiger partial charge in [0, 0.05) is 17.3 Å². The summed E-state index contributed by atoms with van der Waals surface area (Å²) in [7, 11) is 0. The topological polar surface area (TPSA) is 71.8 Å². The lowest BCUT2D eigenvalue weighted by molar-refractivity contribution is -0.132. The Balaban J connectivity index is 1.84. The minimum atomic E-state index is -0.460. The van der Waals surface area contributed by atoms with Crippen molar-refractivity contribution in [1.82, 2.24) is 9.47 Å². The van der Waals surface area contributed by atoms with Gasteiger partial charge in [-0.1, -0.05) is 6.07 Å². The SMILES string of the molecule is Cc1cc(O)cc(=O)n1CC(=O)N1CCOc2cccc(F)c2C1. The summed E-state index contributed by atoms with van der Waals surface area (Å²) >= 11 is 0. The summed E-state index contributed by atoms with van der Waals surface area (Å²) in [5.74, 6) is -0.445. The highest BCUT2D eigenvalue weighted by molar-refractivity contribution is 5.76. The molecule has 24 heavy (non-hydrogen) atoms. The number of carbonyl (C=O) groups is 1. The van der Waals surface area contributed by atoms with Gasteiger partial charge < -0.3 is 19.3 Å². The van der Waals surface area contributed by atoms with Crippen LogP contribution in [0.25, 0.3) is 0 Å². The Hall–Kier alpha value is -2.83. The van der Waals surface area contributed by atoms with Crippen molar-refractivity contribution >= 4 is 5.91 Å². The second-order valence-electron chi connectivity index (χ2n) is 5.66. The third kappa shape index (κ3) is 3.10. The fraction of sp³-hybridized carbons (Fsp3) is 0.294. The zero-order valence-corrected chi connectivity index (χ0v) is 13.2. The number of pyridine rings is 1. The first kappa shape index (κ1) is 16.0. The maximum Gasteiger partial charge on any atom is 0.254 e. The zero-order valence-electron chi connectivity index (χ0n) is 13.2. The molecule has 0 radical (unpaired) electrons. The number of fused-ring (bicyclic) bond motifs is 1. The quantitative estimate of drug-likeness (QED) is 0.903. The number of benzene rings is 1. The molecule has 0 aliphatic carbocycles. The molecule has 0 spiro atoms. The third-order valence-corrected chi connectivity index (χ3v) is 4.01. The van der Waals surface area contributed by atoms with Gasteiger partial charge in [0.25, 0.3) is 5.56 Å². The number of aromatic hydroxyl groups is 1. The molecule has 1 aromatic heterocycles. The highest BCUT2D eigenvalue weighted by atomic mass is 19.1. The van der Waals surface area contributed by atoms with Crippen molar-refractivity contribution in [2.45, 2.75) is 20.0 Å². The first-order valence-electron chi connectivity index (χ1n) is 7.54. The second-order valence-corrected chi connectivity index (χ2v) is 5.66. The van der Waals surface area contributed by atoms with Gasteiger partial charge in [0.15, 0.2) is 0 Å². The van der Waals surface area contributed by atoms with E-state index in [2.05, 4.69) is 0 Å². The summed E-state index contributed by atoms with van der Waals surface area (Å²) in [5, 5.41) is 9.41. The molecule has 0 bridgehead atoms. The minimum Gasteiger partial charge on any atom is -0.508 e. The predicted octanol–water partition coefficient (Wildman–Crippen LogP) is 1.42. The van der Waals surface area contributed by atoms with Gasteiger partial charge in [-0.25, -0.2) is 4.39 Å². The Labute approximate surface area is 137 Å². The van der Waals surface area contributed by atoms with E-state index in [0.29, 0.717) is 23.6 Å². The molecule has 1 aromatic carbocycles. The number of aryl methyl sites for hydroxylation is 1. The molecule has 2 aromatic rings. The van der Waals surface area contributed by atoms with Crippen LogP contribution in [-0.2, 0) is 17.9 Å². The van der Waals surface area contributed by atoms with E-state index in [0.717, 1.165) is 6.07 Å². The number of hydrogen-bond acceptors (Lipinski definition) is 4. The smallest absolute Gasteiger partial charge is 0.254 e. The van der Waals surface area contributed by atoms with E-state index < -0.39 is 11.4 Å². The lowest BCUT2D eigenvalue weighted by atomic mass is 10.1. The van der Waals surface area contributed by atoms with Crippen LogP contribution in [0.1, 0.15) is 11.3 Å². The van der Waals surface area contributed by atoms with Crippen LogP contribution in [0.4, 0.5) is 4.39 Å². The first-order valence-corrected chi connectivity index (χ1v) is 7.54. The number of ether oxygens (including phenoxy) is 1. The lowest BCUT2D eigenvalue weighted by Crippen LogP contribution is -2.37. The normalized spacial score (nSPS) is 13.8. The molecule has 126 valence electrons. The Morgan fingerprint density at radius 2 is 2.17 bits per heavy atom. The van der Waals surface area contributed by atoms with E-state index in [9.17, 15) is 19.1 Å². The van der Waals surface area contributed by atoms with E-state index in [-0.39, 0.29) is 31.4 Å². The van der Waals surface area contributed by atoms with E-state index in [4.69, 9.17) is 4.74 Å². The second kappa shape index (κ2) is 6.35. The average molecular weight is 332 g/mol. The van der Waals surface area contributed by atoms with Crippen molar-refractivity contribution in [2.75, 3.05) is 13.2 Å². The Morgan fingerprint density at radius 3 is 2.92 bits per heavy atom. The van der Waals surface area contributed by atoms with Gasteiger partial charge in [0.1, 0.15) is 30.5 Å². The molecule has 7 heteroatoms. The van der Waals surface area contributed by atoms with Crippen LogP contribution in [0.5, 0.6) is 11.5 Å². The van der Waals surface area contributed by atoms with Crippen molar-refractivity contribution in [3.63, 3.8) is 0 Å². The van der Waals surface area contributed by atoms with Gasteiger partial charge in [-0.3, -0.25) is 9.59 Å². The Morgan fingerprint density at radius 1 is 1.38 bits per heavy atom. The number of halogens is 1. The molecule has 1 aliphatic heterocycles. The van der Waals surface area contributed by atoms with Crippen LogP contribution in [0.15, 0.2) is 35.1 Å². The van der Waals surface area contributed by atoms with Gasteiger partial charge >= 0.3 is 0 Å². The van der Waals surface area contributed by atoms with Gasteiger partial charge in [0.2, 0.25) is 5.91 Å². The van der Waals surface area contributed by atoms with Crippen LogP contribution >= 0.6 is 0 Å².